The number of nitrogens with zero attached hydrogens (tertiary/aromatic N) is 4. The predicted molar refractivity (Wildman–Crippen MR) is 196 cm³/mol. The average molecular weight is 714 g/mol. The normalized spacial score (nSPS) is 14.6. The molecule has 0 amide bonds. The maximum Gasteiger partial charge on any atom is 0.192 e. The van der Waals surface area contributed by atoms with Gasteiger partial charge in [-0.3, -0.25) is 4.98 Å². The van der Waals surface area contributed by atoms with Crippen molar-refractivity contribution in [2.45, 2.75) is 96.1 Å². The van der Waals surface area contributed by atoms with Crippen LogP contribution < -0.4 is 9.46 Å². The van der Waals surface area contributed by atoms with Crippen molar-refractivity contribution in [1.82, 2.24) is 24.5 Å². The second-order valence-electron chi connectivity index (χ2n) is 14.6. The van der Waals surface area contributed by atoms with E-state index in [0.717, 1.165) is 22.2 Å². The van der Waals surface area contributed by atoms with E-state index >= 15 is 4.39 Å². The number of halogens is 1. The van der Waals surface area contributed by atoms with E-state index in [1.807, 2.05) is 63.2 Å². The number of fused-ring (bicyclic) bond motifs is 1. The number of ether oxygens (including phenoxy) is 2. The number of benzene rings is 1. The third-order valence-electron chi connectivity index (χ3n) is 8.77. The third-order valence-corrected chi connectivity index (χ3v) is 14.8. The quantitative estimate of drug-likeness (QED) is 0.0703. The third kappa shape index (κ3) is 9.87. The minimum absolute atomic E-state index is 0.0774. The molecule has 3 heterocycles. The van der Waals surface area contributed by atoms with Gasteiger partial charge in [-0.1, -0.05) is 32.9 Å². The number of nitrogens with one attached hydrogen (secondary N) is 1. The first-order valence-electron chi connectivity index (χ1n) is 16.7. The lowest BCUT2D eigenvalue weighted by Gasteiger charge is -2.36. The minimum Gasteiger partial charge on any atom is -0.598 e. The lowest BCUT2D eigenvalue weighted by Crippen LogP contribution is -2.44. The highest BCUT2D eigenvalue weighted by atomic mass is 32.2. The van der Waals surface area contributed by atoms with Crippen LogP contribution in [0.3, 0.4) is 0 Å². The molecule has 2 unspecified atom stereocenters. The fourth-order valence-corrected chi connectivity index (χ4v) is 6.56. The van der Waals surface area contributed by atoms with Crippen LogP contribution in [0, 0.1) is 0 Å². The van der Waals surface area contributed by atoms with Crippen molar-refractivity contribution in [3.63, 3.8) is 0 Å². The largest absolute Gasteiger partial charge is 0.598 e. The lowest BCUT2D eigenvalue weighted by atomic mass is 10.0. The molecule has 0 radical (unpaired) electrons. The molecule has 0 aliphatic heterocycles. The van der Waals surface area contributed by atoms with Gasteiger partial charge in [0.1, 0.15) is 29.3 Å². The molecule has 4 rings (SSSR count). The molecule has 0 fully saturated rings. The van der Waals surface area contributed by atoms with Crippen LogP contribution >= 0.6 is 0 Å². The van der Waals surface area contributed by atoms with Crippen molar-refractivity contribution in [1.29, 1.82) is 0 Å². The molecule has 0 spiro atoms. The zero-order valence-corrected chi connectivity index (χ0v) is 32.1. The van der Waals surface area contributed by atoms with E-state index in [9.17, 15) is 9.66 Å². The van der Waals surface area contributed by atoms with Crippen molar-refractivity contribution in [3.05, 3.63) is 66.1 Å². The maximum atomic E-state index is 15.7. The van der Waals surface area contributed by atoms with E-state index in [0.29, 0.717) is 42.8 Å². The van der Waals surface area contributed by atoms with E-state index in [1.54, 1.807) is 24.1 Å². The Morgan fingerprint density at radius 1 is 1.04 bits per heavy atom. The highest BCUT2D eigenvalue weighted by Gasteiger charge is 2.37. The van der Waals surface area contributed by atoms with Crippen molar-refractivity contribution < 1.29 is 27.9 Å². The average Bonchev–Trinajstić information content (AvgIpc) is 3.49. The molecule has 3 atom stereocenters. The summed E-state index contributed by atoms with van der Waals surface area (Å²) in [5.74, 6) is 1.22. The van der Waals surface area contributed by atoms with Gasteiger partial charge in [-0.2, -0.15) is 5.10 Å². The number of methoxy groups -OCH3 is 1. The van der Waals surface area contributed by atoms with Gasteiger partial charge in [0, 0.05) is 30.6 Å². The first-order chi connectivity index (χ1) is 23.1. The molecule has 2 N–H and O–H groups in total. The van der Waals surface area contributed by atoms with Gasteiger partial charge in [-0.25, -0.2) is 14.1 Å². The molecule has 0 saturated carbocycles. The van der Waals surface area contributed by atoms with E-state index in [4.69, 9.17) is 29.0 Å². The van der Waals surface area contributed by atoms with Gasteiger partial charge in [0.05, 0.1) is 47.4 Å². The Balaban J connectivity index is 1.77. The summed E-state index contributed by atoms with van der Waals surface area (Å²) in [5.41, 5.74) is 3.27. The number of aromatic nitrogens is 4. The van der Waals surface area contributed by atoms with Crippen molar-refractivity contribution in [2.24, 2.45) is 0 Å². The summed E-state index contributed by atoms with van der Waals surface area (Å²) in [6.07, 6.45) is 0.706. The van der Waals surface area contributed by atoms with Gasteiger partial charge >= 0.3 is 0 Å². The number of pyridine rings is 2. The minimum atomic E-state index is -1.98. The summed E-state index contributed by atoms with van der Waals surface area (Å²) in [4.78, 5) is 9.79. The molecular weight excluding hydrogens is 662 g/mol. The highest BCUT2D eigenvalue weighted by molar-refractivity contribution is 7.90. The molecule has 0 bridgehead atoms. The second-order valence-corrected chi connectivity index (χ2v) is 21.5. The van der Waals surface area contributed by atoms with Gasteiger partial charge in [-0.15, -0.1) is 4.72 Å². The summed E-state index contributed by atoms with van der Waals surface area (Å²) >= 11 is -1.55. The molecule has 0 saturated heterocycles. The van der Waals surface area contributed by atoms with Gasteiger partial charge in [0.15, 0.2) is 14.1 Å². The maximum absolute atomic E-state index is 15.7. The Kier molecular flexibility index (Phi) is 13.0. The van der Waals surface area contributed by atoms with Gasteiger partial charge < -0.3 is 23.6 Å². The summed E-state index contributed by atoms with van der Waals surface area (Å²) in [6.45, 7) is 17.5. The van der Waals surface area contributed by atoms with Gasteiger partial charge in [-0.05, 0) is 88.1 Å². The van der Waals surface area contributed by atoms with Crippen LogP contribution in [0.15, 0.2) is 54.7 Å². The molecule has 49 heavy (non-hydrogen) atoms. The zero-order chi connectivity index (χ0) is 36.0. The molecule has 10 nitrogen and oxygen atoms in total. The smallest absolute Gasteiger partial charge is 0.192 e. The fourth-order valence-electron chi connectivity index (χ4n) is 4.77. The summed E-state index contributed by atoms with van der Waals surface area (Å²) in [7, 11) is -0.364. The van der Waals surface area contributed by atoms with E-state index < -0.39 is 36.6 Å². The van der Waals surface area contributed by atoms with Crippen LogP contribution in [0.5, 0.6) is 5.75 Å². The Bertz CT molecular complexity index is 1680. The Morgan fingerprint density at radius 3 is 2.45 bits per heavy atom. The van der Waals surface area contributed by atoms with Crippen molar-refractivity contribution in [2.75, 3.05) is 26.9 Å². The first kappa shape index (κ1) is 38.9. The van der Waals surface area contributed by atoms with Crippen LogP contribution in [-0.4, -0.2) is 75.6 Å². The Labute approximate surface area is 294 Å². The molecule has 0 aliphatic rings. The first-order valence-corrected chi connectivity index (χ1v) is 20.8. The van der Waals surface area contributed by atoms with E-state index in [2.05, 4.69) is 38.6 Å². The van der Waals surface area contributed by atoms with Gasteiger partial charge in [0.2, 0.25) is 0 Å². The standard InChI is InChI=1S/C36H52FN5O5SSi/c1-35(2,3)48(44)41-34(28(37)14-12-18-43)30-16-11-15-29(40-30)25-21-31-27(32(22-25)46-20-19-45-7)23-38-42(31)33-17-10-13-26(39-33)24-47-49(8,9)36(4,5)6/h10-11,13,15-17,21-23,28,34,41,43H,12,14,18-20,24H2,1-9H3/t28?,34-,48?/m0/s1. The van der Waals surface area contributed by atoms with Crippen LogP contribution in [0.1, 0.15) is 71.8 Å². The van der Waals surface area contributed by atoms with E-state index in [1.165, 1.54) is 0 Å². The number of aliphatic hydroxyl groups is 1. The molecule has 13 heteroatoms. The molecule has 1 aromatic carbocycles. The van der Waals surface area contributed by atoms with Crippen LogP contribution in [-0.2, 0) is 27.1 Å². The van der Waals surface area contributed by atoms with Crippen molar-refractivity contribution in [3.8, 4) is 22.8 Å². The lowest BCUT2D eigenvalue weighted by molar-refractivity contribution is 0.147. The molecule has 0 aliphatic carbocycles. The number of hydrogen-bond acceptors (Lipinski definition) is 9. The van der Waals surface area contributed by atoms with E-state index in [-0.39, 0.29) is 24.5 Å². The molecule has 3 aromatic heterocycles. The Hall–Kier alpha value is -2.91. The number of alkyl halides is 1. The topological polar surface area (TPSA) is 127 Å². The monoisotopic (exact) mass is 713 g/mol. The number of aliphatic hydroxyl groups excluding tert-OH is 1. The van der Waals surface area contributed by atoms with Crippen LogP contribution in [0.4, 0.5) is 4.39 Å². The summed E-state index contributed by atoms with van der Waals surface area (Å²) in [6, 6.07) is 14.1. The predicted octanol–water partition coefficient (Wildman–Crippen LogP) is 7.23. The number of hydrogen-bond donors (Lipinski definition) is 2. The van der Waals surface area contributed by atoms with Crippen molar-refractivity contribution >= 4 is 30.6 Å². The SMILES string of the molecule is COCCOc1cc(-c2cccc([C@@H](N[S+]([O-])C(C)(C)C)C(F)CCCO)n2)cc2c1cnn2-c1cccc(CO[Si](C)(C)C(C)(C)C)n1. The Morgan fingerprint density at radius 2 is 1.78 bits per heavy atom. The highest BCUT2D eigenvalue weighted by Crippen LogP contribution is 2.37. The molecular formula is C36H52FN5O5SSi. The second kappa shape index (κ2) is 16.4. The zero-order valence-electron chi connectivity index (χ0n) is 30.2. The molecule has 268 valence electrons. The fraction of sp³-hybridized carbons (Fsp3) is 0.528. The summed E-state index contributed by atoms with van der Waals surface area (Å²) < 4.78 is 50.8. The molecule has 4 aromatic rings. The summed E-state index contributed by atoms with van der Waals surface area (Å²) in [5, 5.41) is 14.9. The van der Waals surface area contributed by atoms with Crippen LogP contribution in [0.25, 0.3) is 28.0 Å². The number of rotatable bonds is 16. The van der Waals surface area contributed by atoms with Crippen LogP contribution in [0.2, 0.25) is 18.1 Å². The van der Waals surface area contributed by atoms with Gasteiger partial charge in [0.25, 0.3) is 0 Å².